The Balaban J connectivity index is 1.32. The summed E-state index contributed by atoms with van der Waals surface area (Å²) in [5, 5.41) is 6.74. The Bertz CT molecular complexity index is 1700. The predicted molar refractivity (Wildman–Crippen MR) is 153 cm³/mol. The molecule has 1 unspecified atom stereocenters. The van der Waals surface area contributed by atoms with E-state index in [0.29, 0.717) is 53.6 Å². The molecule has 214 valence electrons. The number of halogens is 2. The lowest BCUT2D eigenvalue weighted by Crippen LogP contribution is -2.51. The van der Waals surface area contributed by atoms with E-state index in [1.54, 1.807) is 31.3 Å². The fourth-order valence-electron chi connectivity index (χ4n) is 4.86. The molecule has 1 fully saturated rings. The molecule has 1 aromatic carbocycles. The van der Waals surface area contributed by atoms with Crippen LogP contribution in [0.4, 0.5) is 14.6 Å². The van der Waals surface area contributed by atoms with Crippen molar-refractivity contribution in [3.63, 3.8) is 0 Å². The third kappa shape index (κ3) is 6.83. The number of carbonyl (C=O) groups excluding carboxylic acids is 1. The summed E-state index contributed by atoms with van der Waals surface area (Å²) in [5.41, 5.74) is 3.37. The number of fused-ring (bicyclic) bond motifs is 1. The number of carbonyl (C=O) groups is 1. The second-order valence-corrected chi connectivity index (χ2v) is 12.1. The van der Waals surface area contributed by atoms with E-state index in [4.69, 9.17) is 9.97 Å². The molecule has 2 N–H and O–H groups in total. The van der Waals surface area contributed by atoms with Gasteiger partial charge in [-0.25, -0.2) is 27.2 Å². The molecule has 41 heavy (non-hydrogen) atoms. The Morgan fingerprint density at radius 2 is 1.93 bits per heavy atom. The van der Waals surface area contributed by atoms with Crippen LogP contribution in [0.1, 0.15) is 28.0 Å². The van der Waals surface area contributed by atoms with Crippen LogP contribution in [0.3, 0.4) is 0 Å². The molecule has 1 saturated heterocycles. The van der Waals surface area contributed by atoms with Gasteiger partial charge in [0.25, 0.3) is 5.91 Å². The van der Waals surface area contributed by atoms with Gasteiger partial charge in [-0.2, -0.15) is 0 Å². The van der Waals surface area contributed by atoms with E-state index in [1.165, 1.54) is 6.07 Å². The van der Waals surface area contributed by atoms with E-state index in [9.17, 15) is 22.0 Å². The van der Waals surface area contributed by atoms with Crippen LogP contribution < -0.4 is 15.5 Å². The average molecular weight is 581 g/mol. The molecule has 12 heteroatoms. The highest BCUT2D eigenvalue weighted by atomic mass is 32.2. The Kier molecular flexibility index (Phi) is 8.22. The molecular formula is C29H30F2N6O3S. The van der Waals surface area contributed by atoms with Crippen LogP contribution in [0.2, 0.25) is 0 Å². The number of sulfone groups is 1. The number of pyridine rings is 3. The highest BCUT2D eigenvalue weighted by Crippen LogP contribution is 2.24. The number of nitrogens with one attached hydrogen (secondary N) is 2. The van der Waals surface area contributed by atoms with Crippen LogP contribution in [0, 0.1) is 6.92 Å². The van der Waals surface area contributed by atoms with Crippen LogP contribution in [0.15, 0.2) is 65.7 Å². The van der Waals surface area contributed by atoms with Gasteiger partial charge in [0.15, 0.2) is 9.84 Å². The van der Waals surface area contributed by atoms with Crippen molar-refractivity contribution in [2.75, 3.05) is 30.8 Å². The second kappa shape index (κ2) is 11.8. The van der Waals surface area contributed by atoms with Crippen molar-refractivity contribution in [3.05, 3.63) is 77.6 Å². The van der Waals surface area contributed by atoms with E-state index in [2.05, 4.69) is 15.6 Å². The van der Waals surface area contributed by atoms with Crippen LogP contribution in [0.5, 0.6) is 0 Å². The minimum Gasteiger partial charge on any atom is -0.354 e. The Morgan fingerprint density at radius 1 is 1.12 bits per heavy atom. The summed E-state index contributed by atoms with van der Waals surface area (Å²) < 4.78 is 49.8. The summed E-state index contributed by atoms with van der Waals surface area (Å²) in [6.07, 6.45) is 0.220. The number of aromatic nitrogens is 3. The molecular weight excluding hydrogens is 550 g/mol. The Hall–Kier alpha value is -4.03. The van der Waals surface area contributed by atoms with E-state index in [-0.39, 0.29) is 29.5 Å². The normalized spacial score (nSPS) is 15.8. The van der Waals surface area contributed by atoms with Crippen molar-refractivity contribution >= 4 is 32.5 Å². The zero-order chi connectivity index (χ0) is 29.1. The van der Waals surface area contributed by atoms with Gasteiger partial charge in [-0.3, -0.25) is 9.78 Å². The third-order valence-corrected chi connectivity index (χ3v) is 8.19. The molecule has 5 rings (SSSR count). The average Bonchev–Trinajstić information content (AvgIpc) is 2.95. The van der Waals surface area contributed by atoms with Gasteiger partial charge in [0.05, 0.1) is 34.0 Å². The molecule has 0 bridgehead atoms. The van der Waals surface area contributed by atoms with Gasteiger partial charge in [0, 0.05) is 55.5 Å². The molecule has 1 aliphatic rings. The van der Waals surface area contributed by atoms with Gasteiger partial charge in [0.1, 0.15) is 5.82 Å². The number of benzene rings is 1. The van der Waals surface area contributed by atoms with Gasteiger partial charge < -0.3 is 15.5 Å². The highest BCUT2D eigenvalue weighted by molar-refractivity contribution is 7.90. The quantitative estimate of drug-likeness (QED) is 0.324. The van der Waals surface area contributed by atoms with Crippen molar-refractivity contribution in [3.8, 4) is 11.4 Å². The molecule has 1 aliphatic heterocycles. The van der Waals surface area contributed by atoms with E-state index in [0.717, 1.165) is 11.6 Å². The second-order valence-electron chi connectivity index (χ2n) is 10.1. The summed E-state index contributed by atoms with van der Waals surface area (Å²) in [4.78, 5) is 28.8. The maximum atomic E-state index is 12.9. The van der Waals surface area contributed by atoms with Gasteiger partial charge in [-0.1, -0.05) is 12.1 Å². The highest BCUT2D eigenvalue weighted by Gasteiger charge is 2.23. The van der Waals surface area contributed by atoms with Crippen molar-refractivity contribution in [1.82, 2.24) is 25.6 Å². The number of rotatable bonds is 8. The lowest BCUT2D eigenvalue weighted by Gasteiger charge is -2.34. The number of alkyl halides is 2. The molecule has 0 spiro atoms. The number of nitrogens with zero attached hydrogens (tertiary/aromatic N) is 4. The van der Waals surface area contributed by atoms with E-state index >= 15 is 0 Å². The fourth-order valence-corrected chi connectivity index (χ4v) is 5.85. The van der Waals surface area contributed by atoms with Gasteiger partial charge in [0.2, 0.25) is 6.43 Å². The summed E-state index contributed by atoms with van der Waals surface area (Å²) in [5.74, 6) is 0.293. The van der Waals surface area contributed by atoms with Gasteiger partial charge in [-0.15, -0.1) is 0 Å². The molecule has 1 amide bonds. The largest absolute Gasteiger partial charge is 0.354 e. The molecule has 1 atom stereocenters. The van der Waals surface area contributed by atoms with Crippen LogP contribution in [-0.4, -0.2) is 67.6 Å². The minimum atomic E-state index is -3.46. The third-order valence-electron chi connectivity index (χ3n) is 6.95. The summed E-state index contributed by atoms with van der Waals surface area (Å²) in [6, 6.07) is 15.4. The van der Waals surface area contributed by atoms with Crippen LogP contribution >= 0.6 is 0 Å². The standard InChI is InChI=1S/C29H30F2N6O3S/c1-18-6-7-19(12-26(18)41(2,39)40)29(38)34-16-21-13-25-20(15-33-21)8-9-24(35-25)23-4-3-5-28(36-23)37-11-10-32-22(17-37)14-27(30)31/h3-9,12-13,15,22,27,32H,10-11,14,16-17H2,1-2H3,(H,34,38). The molecule has 4 heterocycles. The summed E-state index contributed by atoms with van der Waals surface area (Å²) in [7, 11) is -3.46. The first-order valence-corrected chi connectivity index (χ1v) is 15.0. The zero-order valence-corrected chi connectivity index (χ0v) is 23.5. The Morgan fingerprint density at radius 3 is 2.71 bits per heavy atom. The van der Waals surface area contributed by atoms with E-state index < -0.39 is 22.2 Å². The van der Waals surface area contributed by atoms with Crippen LogP contribution in [-0.2, 0) is 16.4 Å². The van der Waals surface area contributed by atoms with Crippen LogP contribution in [0.25, 0.3) is 22.3 Å². The molecule has 0 aliphatic carbocycles. The molecule has 0 saturated carbocycles. The van der Waals surface area contributed by atoms with Gasteiger partial charge >= 0.3 is 0 Å². The van der Waals surface area contributed by atoms with Crippen molar-refractivity contribution in [1.29, 1.82) is 0 Å². The minimum absolute atomic E-state index is 0.119. The number of piperazine rings is 1. The summed E-state index contributed by atoms with van der Waals surface area (Å²) in [6.45, 7) is 3.53. The lowest BCUT2D eigenvalue weighted by atomic mass is 10.1. The van der Waals surface area contributed by atoms with Crippen molar-refractivity contribution < 1.29 is 22.0 Å². The lowest BCUT2D eigenvalue weighted by molar-refractivity contribution is 0.0950. The smallest absolute Gasteiger partial charge is 0.251 e. The predicted octanol–water partition coefficient (Wildman–Crippen LogP) is 3.77. The molecule has 9 nitrogen and oxygen atoms in total. The monoisotopic (exact) mass is 580 g/mol. The maximum absolute atomic E-state index is 12.9. The number of anilines is 1. The first-order chi connectivity index (χ1) is 19.6. The zero-order valence-electron chi connectivity index (χ0n) is 22.6. The fraction of sp³-hybridized carbons (Fsp3) is 0.310. The number of aryl methyl sites for hydroxylation is 1. The molecule has 4 aromatic rings. The number of amides is 1. The van der Waals surface area contributed by atoms with E-state index in [1.807, 2.05) is 35.2 Å². The van der Waals surface area contributed by atoms with Crippen molar-refractivity contribution in [2.45, 2.75) is 37.3 Å². The number of hydrogen-bond donors (Lipinski definition) is 2. The maximum Gasteiger partial charge on any atom is 0.251 e. The Labute approximate surface area is 237 Å². The number of hydrogen-bond acceptors (Lipinski definition) is 8. The summed E-state index contributed by atoms with van der Waals surface area (Å²) >= 11 is 0. The molecule has 0 radical (unpaired) electrons. The molecule has 3 aromatic heterocycles. The topological polar surface area (TPSA) is 117 Å². The SMILES string of the molecule is Cc1ccc(C(=O)NCc2cc3nc(-c4cccc(N5CCNC(CC(F)F)C5)n4)ccc3cn2)cc1S(C)(=O)=O. The van der Waals surface area contributed by atoms with Gasteiger partial charge in [-0.05, 0) is 55.0 Å². The first-order valence-electron chi connectivity index (χ1n) is 13.2. The first kappa shape index (κ1) is 28.5. The van der Waals surface area contributed by atoms with Crippen molar-refractivity contribution in [2.24, 2.45) is 0 Å².